The molecule has 0 aliphatic heterocycles. The molecule has 0 aromatic heterocycles. The summed E-state index contributed by atoms with van der Waals surface area (Å²) in [6.07, 6.45) is -8.27. The fourth-order valence-electron chi connectivity index (χ4n) is 1.39. The minimum absolute atomic E-state index is 0.0223. The van der Waals surface area contributed by atoms with Crippen molar-refractivity contribution in [2.24, 2.45) is 0 Å². The molecular weight excluding hydrogens is 344 g/mol. The molecule has 0 aromatic rings. The van der Waals surface area contributed by atoms with Gasteiger partial charge in [-0.15, -0.1) is 0 Å². The van der Waals surface area contributed by atoms with E-state index in [4.69, 9.17) is 19.7 Å². The SMILES string of the molecule is OCCCCOCC(O)COCCOCC(F)(F)OC(F)(F)CO. The molecule has 0 saturated heterocycles. The molecule has 0 rings (SSSR count). The molecule has 1 atom stereocenters. The molecular formula is C13H24F4O7. The first-order valence-electron chi connectivity index (χ1n) is 7.31. The van der Waals surface area contributed by atoms with Crippen molar-refractivity contribution in [1.82, 2.24) is 0 Å². The number of aliphatic hydroxyl groups is 3. The van der Waals surface area contributed by atoms with E-state index >= 15 is 0 Å². The molecule has 0 spiro atoms. The van der Waals surface area contributed by atoms with E-state index in [0.717, 1.165) is 0 Å². The number of hydrogen-bond acceptors (Lipinski definition) is 7. The van der Waals surface area contributed by atoms with E-state index in [1.165, 1.54) is 0 Å². The fraction of sp³-hybridized carbons (Fsp3) is 1.00. The number of rotatable bonds is 16. The van der Waals surface area contributed by atoms with Crippen molar-refractivity contribution in [3.8, 4) is 0 Å². The molecule has 1 unspecified atom stereocenters. The summed E-state index contributed by atoms with van der Waals surface area (Å²) in [5.41, 5.74) is 0. The highest BCUT2D eigenvalue weighted by atomic mass is 19.3. The molecule has 0 bridgehead atoms. The van der Waals surface area contributed by atoms with Crippen LogP contribution in [-0.2, 0) is 18.9 Å². The Morgan fingerprint density at radius 1 is 0.792 bits per heavy atom. The Labute approximate surface area is 137 Å². The van der Waals surface area contributed by atoms with Gasteiger partial charge in [-0.05, 0) is 12.8 Å². The molecule has 24 heavy (non-hydrogen) atoms. The Balaban J connectivity index is 3.58. The highest BCUT2D eigenvalue weighted by molar-refractivity contribution is 4.57. The van der Waals surface area contributed by atoms with Crippen LogP contribution in [0.3, 0.4) is 0 Å². The average molecular weight is 368 g/mol. The molecule has 0 aliphatic rings. The summed E-state index contributed by atoms with van der Waals surface area (Å²) in [7, 11) is 0. The molecule has 146 valence electrons. The topological polar surface area (TPSA) is 97.6 Å². The highest BCUT2D eigenvalue weighted by Gasteiger charge is 2.43. The zero-order valence-corrected chi connectivity index (χ0v) is 13.1. The van der Waals surface area contributed by atoms with Crippen molar-refractivity contribution >= 4 is 0 Å². The number of alkyl halides is 4. The van der Waals surface area contributed by atoms with Crippen LogP contribution in [0.5, 0.6) is 0 Å². The van der Waals surface area contributed by atoms with Crippen LogP contribution in [0.25, 0.3) is 0 Å². The standard InChI is InChI=1S/C13H24F4O7/c14-12(15,9-19)24-13(16,17)10-23-6-5-22-8-11(20)7-21-4-2-1-3-18/h11,18-20H,1-10H2. The van der Waals surface area contributed by atoms with E-state index in [9.17, 15) is 22.7 Å². The number of unbranched alkanes of at least 4 members (excludes halogenated alkanes) is 1. The maximum Gasteiger partial charge on any atom is 0.383 e. The average Bonchev–Trinajstić information content (AvgIpc) is 2.49. The molecule has 11 heteroatoms. The Bertz CT molecular complexity index is 308. The number of halogens is 4. The van der Waals surface area contributed by atoms with Crippen LogP contribution in [0.15, 0.2) is 0 Å². The second-order valence-corrected chi connectivity index (χ2v) is 4.82. The van der Waals surface area contributed by atoms with Gasteiger partial charge in [0, 0.05) is 13.2 Å². The summed E-state index contributed by atoms with van der Waals surface area (Å²) in [5, 5.41) is 26.1. The maximum absolute atomic E-state index is 12.9. The highest BCUT2D eigenvalue weighted by Crippen LogP contribution is 2.26. The smallest absolute Gasteiger partial charge is 0.383 e. The Morgan fingerprint density at radius 3 is 1.96 bits per heavy atom. The van der Waals surface area contributed by atoms with Crippen LogP contribution in [0.2, 0.25) is 0 Å². The van der Waals surface area contributed by atoms with Crippen molar-refractivity contribution < 1.29 is 51.8 Å². The summed E-state index contributed by atoms with van der Waals surface area (Å²) in [5.74, 6) is 0. The molecule has 0 saturated carbocycles. The monoisotopic (exact) mass is 368 g/mol. The quantitative estimate of drug-likeness (QED) is 0.267. The first kappa shape index (κ1) is 23.4. The third-order valence-electron chi connectivity index (χ3n) is 2.44. The molecule has 3 N–H and O–H groups in total. The van der Waals surface area contributed by atoms with E-state index in [-0.39, 0.29) is 33.0 Å². The van der Waals surface area contributed by atoms with Crippen LogP contribution < -0.4 is 0 Å². The van der Waals surface area contributed by atoms with Crippen molar-refractivity contribution in [2.75, 3.05) is 52.9 Å². The lowest BCUT2D eigenvalue weighted by molar-refractivity contribution is -0.391. The minimum Gasteiger partial charge on any atom is -0.396 e. The summed E-state index contributed by atoms with van der Waals surface area (Å²) in [6.45, 7) is -3.41. The summed E-state index contributed by atoms with van der Waals surface area (Å²) < 4.78 is 68.4. The first-order valence-corrected chi connectivity index (χ1v) is 7.31. The van der Waals surface area contributed by atoms with Gasteiger partial charge < -0.3 is 29.5 Å². The van der Waals surface area contributed by atoms with Crippen molar-refractivity contribution in [3.63, 3.8) is 0 Å². The molecule has 0 amide bonds. The van der Waals surface area contributed by atoms with Gasteiger partial charge in [0.2, 0.25) is 0 Å². The summed E-state index contributed by atoms with van der Waals surface area (Å²) in [4.78, 5) is 0. The zero-order chi connectivity index (χ0) is 18.5. The number of hydrogen-bond donors (Lipinski definition) is 3. The molecule has 0 radical (unpaired) electrons. The normalized spacial score (nSPS) is 14.1. The summed E-state index contributed by atoms with van der Waals surface area (Å²) >= 11 is 0. The lowest BCUT2D eigenvalue weighted by Crippen LogP contribution is -2.39. The van der Waals surface area contributed by atoms with Gasteiger partial charge in [-0.1, -0.05) is 0 Å². The van der Waals surface area contributed by atoms with Crippen LogP contribution in [0.4, 0.5) is 17.6 Å². The Kier molecular flexibility index (Phi) is 12.5. The lowest BCUT2D eigenvalue weighted by Gasteiger charge is -2.22. The van der Waals surface area contributed by atoms with Crippen molar-refractivity contribution in [1.29, 1.82) is 0 Å². The maximum atomic E-state index is 12.9. The molecule has 0 aliphatic carbocycles. The third kappa shape index (κ3) is 13.8. The van der Waals surface area contributed by atoms with Crippen LogP contribution in [0, 0.1) is 0 Å². The van der Waals surface area contributed by atoms with Crippen LogP contribution in [0.1, 0.15) is 12.8 Å². The first-order chi connectivity index (χ1) is 11.2. The molecule has 0 aromatic carbocycles. The van der Waals surface area contributed by atoms with Gasteiger partial charge in [0.1, 0.15) is 19.3 Å². The van der Waals surface area contributed by atoms with Gasteiger partial charge in [-0.2, -0.15) is 17.6 Å². The third-order valence-corrected chi connectivity index (χ3v) is 2.44. The van der Waals surface area contributed by atoms with Crippen LogP contribution in [-0.4, -0.2) is 86.5 Å². The van der Waals surface area contributed by atoms with Gasteiger partial charge in [-0.25, -0.2) is 0 Å². The van der Waals surface area contributed by atoms with E-state index in [1.807, 2.05) is 0 Å². The molecule has 7 nitrogen and oxygen atoms in total. The largest absolute Gasteiger partial charge is 0.396 e. The second-order valence-electron chi connectivity index (χ2n) is 4.82. The predicted molar refractivity (Wildman–Crippen MR) is 72.8 cm³/mol. The zero-order valence-electron chi connectivity index (χ0n) is 13.1. The van der Waals surface area contributed by atoms with Gasteiger partial charge in [0.25, 0.3) is 0 Å². The second kappa shape index (κ2) is 12.8. The minimum atomic E-state index is -4.36. The summed E-state index contributed by atoms with van der Waals surface area (Å²) in [6, 6.07) is 0. The predicted octanol–water partition coefficient (Wildman–Crippen LogP) is 0.364. The van der Waals surface area contributed by atoms with Crippen molar-refractivity contribution in [3.05, 3.63) is 0 Å². The van der Waals surface area contributed by atoms with E-state index in [1.54, 1.807) is 0 Å². The van der Waals surface area contributed by atoms with E-state index in [2.05, 4.69) is 9.47 Å². The molecule has 0 fully saturated rings. The van der Waals surface area contributed by atoms with Gasteiger partial charge in [0.15, 0.2) is 0 Å². The van der Waals surface area contributed by atoms with E-state index < -0.39 is 31.5 Å². The lowest BCUT2D eigenvalue weighted by atomic mass is 10.3. The Hall–Kier alpha value is -0.560. The van der Waals surface area contributed by atoms with E-state index in [0.29, 0.717) is 19.4 Å². The Morgan fingerprint density at radius 2 is 1.38 bits per heavy atom. The van der Waals surface area contributed by atoms with Crippen LogP contribution >= 0.6 is 0 Å². The molecule has 0 heterocycles. The number of aliphatic hydroxyl groups excluding tert-OH is 3. The fourth-order valence-corrected chi connectivity index (χ4v) is 1.39. The van der Waals surface area contributed by atoms with Gasteiger partial charge in [-0.3, -0.25) is 4.74 Å². The van der Waals surface area contributed by atoms with Gasteiger partial charge >= 0.3 is 12.2 Å². The number of ether oxygens (including phenoxy) is 4. The van der Waals surface area contributed by atoms with Gasteiger partial charge in [0.05, 0.1) is 26.4 Å². The van der Waals surface area contributed by atoms with Crippen molar-refractivity contribution in [2.45, 2.75) is 31.2 Å².